The summed E-state index contributed by atoms with van der Waals surface area (Å²) in [5.41, 5.74) is 2.47. The number of hydrogen-bond acceptors (Lipinski definition) is 2. The summed E-state index contributed by atoms with van der Waals surface area (Å²) in [5, 5.41) is 0. The number of rotatable bonds is 10. The molecular formula is C22H31O2PS. The third-order valence-corrected chi connectivity index (χ3v) is 10.1. The van der Waals surface area contributed by atoms with Crippen molar-refractivity contribution in [1.29, 1.82) is 0 Å². The molecule has 0 amide bonds. The molecule has 2 rings (SSSR count). The second kappa shape index (κ2) is 10.2. The fourth-order valence-corrected chi connectivity index (χ4v) is 8.81. The molecule has 0 saturated carbocycles. The molecule has 0 bridgehead atoms. The molecule has 4 heteroatoms. The van der Waals surface area contributed by atoms with Gasteiger partial charge in [-0.1, -0.05) is 81.4 Å². The van der Waals surface area contributed by atoms with Crippen LogP contribution in [0.25, 0.3) is 0 Å². The van der Waals surface area contributed by atoms with Gasteiger partial charge >= 0.3 is 0 Å². The van der Waals surface area contributed by atoms with Crippen LogP contribution in [0.1, 0.15) is 43.7 Å². The Hall–Kier alpha value is -1.18. The normalized spacial score (nSPS) is 17.2. The molecule has 3 unspecified atom stereocenters. The predicted molar refractivity (Wildman–Crippen MR) is 115 cm³/mol. The van der Waals surface area contributed by atoms with Crippen LogP contribution in [0.2, 0.25) is 0 Å². The summed E-state index contributed by atoms with van der Waals surface area (Å²) in [6.45, 7) is 6.25. The minimum atomic E-state index is -2.42. The summed E-state index contributed by atoms with van der Waals surface area (Å²) < 4.78 is 25.8. The minimum Gasteiger partial charge on any atom is -0.323 e. The molecule has 26 heavy (non-hydrogen) atoms. The van der Waals surface area contributed by atoms with Crippen LogP contribution in [0.3, 0.4) is 0 Å². The molecule has 0 heterocycles. The first kappa shape index (κ1) is 21.1. The molecule has 0 aromatic heterocycles. The predicted octanol–water partition coefficient (Wildman–Crippen LogP) is 5.73. The van der Waals surface area contributed by atoms with Crippen LogP contribution in [0.5, 0.6) is 0 Å². The zero-order valence-electron chi connectivity index (χ0n) is 16.1. The highest BCUT2D eigenvalue weighted by molar-refractivity contribution is 7.85. The van der Waals surface area contributed by atoms with E-state index >= 15 is 0 Å². The standard InChI is InChI=1S/C22H31O2PS/c1-4-26(24)16-15-25(23,17-19(2)21-11-7-5-8-12-21)18-20(3)22-13-9-6-10-14-22/h5-14,19-20H,4,15-18H2,1-3H3. The molecular weight excluding hydrogens is 359 g/mol. The van der Waals surface area contributed by atoms with E-state index in [1.54, 1.807) is 0 Å². The molecule has 2 nitrogen and oxygen atoms in total. The lowest BCUT2D eigenvalue weighted by atomic mass is 10.0. The van der Waals surface area contributed by atoms with Crippen LogP contribution >= 0.6 is 7.14 Å². The Balaban J connectivity index is 2.15. The Morgan fingerprint density at radius 1 is 0.846 bits per heavy atom. The Labute approximate surface area is 161 Å². The Bertz CT molecular complexity index is 679. The fourth-order valence-electron chi connectivity index (χ4n) is 3.44. The van der Waals surface area contributed by atoms with Crippen LogP contribution < -0.4 is 0 Å². The maximum atomic E-state index is 13.9. The molecule has 2 aromatic rings. The van der Waals surface area contributed by atoms with Crippen molar-refractivity contribution < 1.29 is 8.77 Å². The molecule has 142 valence electrons. The van der Waals surface area contributed by atoms with E-state index in [0.717, 1.165) is 0 Å². The van der Waals surface area contributed by atoms with Gasteiger partial charge in [-0.05, 0) is 23.0 Å². The summed E-state index contributed by atoms with van der Waals surface area (Å²) in [6.07, 6.45) is 1.96. The Morgan fingerprint density at radius 3 is 1.65 bits per heavy atom. The average molecular weight is 391 g/mol. The minimum absolute atomic E-state index is 0.250. The second-order valence-corrected chi connectivity index (χ2v) is 12.4. The molecule has 2 aromatic carbocycles. The molecule has 0 spiro atoms. The molecule has 3 atom stereocenters. The van der Waals surface area contributed by atoms with E-state index in [1.807, 2.05) is 43.3 Å². The van der Waals surface area contributed by atoms with E-state index in [2.05, 4.69) is 38.1 Å². The summed E-state index contributed by atoms with van der Waals surface area (Å²) in [4.78, 5) is 0. The van der Waals surface area contributed by atoms with Crippen molar-refractivity contribution in [2.75, 3.05) is 30.0 Å². The third-order valence-electron chi connectivity index (χ3n) is 5.00. The molecule has 0 aliphatic carbocycles. The average Bonchev–Trinajstić information content (AvgIpc) is 2.67. The highest BCUT2D eigenvalue weighted by Gasteiger charge is 2.28. The van der Waals surface area contributed by atoms with Crippen molar-refractivity contribution in [2.45, 2.75) is 32.6 Å². The third kappa shape index (κ3) is 6.52. The first-order chi connectivity index (χ1) is 12.4. The van der Waals surface area contributed by atoms with Gasteiger partial charge in [0.05, 0.1) is 7.14 Å². The molecule has 0 saturated heterocycles. The van der Waals surface area contributed by atoms with Gasteiger partial charge in [-0.3, -0.25) is 4.21 Å². The summed E-state index contributed by atoms with van der Waals surface area (Å²) >= 11 is 0. The summed E-state index contributed by atoms with van der Waals surface area (Å²) in [6, 6.07) is 20.6. The Kier molecular flexibility index (Phi) is 8.31. The zero-order valence-corrected chi connectivity index (χ0v) is 17.8. The van der Waals surface area contributed by atoms with Crippen molar-refractivity contribution in [3.05, 3.63) is 71.8 Å². The van der Waals surface area contributed by atoms with E-state index < -0.39 is 17.9 Å². The van der Waals surface area contributed by atoms with Crippen LogP contribution in [0.4, 0.5) is 0 Å². The molecule has 0 fully saturated rings. The molecule has 0 N–H and O–H groups in total. The van der Waals surface area contributed by atoms with Crippen molar-refractivity contribution in [3.8, 4) is 0 Å². The van der Waals surface area contributed by atoms with Gasteiger partial charge in [0.25, 0.3) is 0 Å². The molecule has 0 aliphatic rings. The monoisotopic (exact) mass is 390 g/mol. The van der Waals surface area contributed by atoms with Gasteiger partial charge < -0.3 is 4.57 Å². The second-order valence-electron chi connectivity index (χ2n) is 7.20. The fraction of sp³-hybridized carbons (Fsp3) is 0.455. The number of benzene rings is 2. The lowest BCUT2D eigenvalue weighted by Gasteiger charge is -2.25. The lowest BCUT2D eigenvalue weighted by Crippen LogP contribution is -2.15. The van der Waals surface area contributed by atoms with Gasteiger partial charge in [-0.2, -0.15) is 0 Å². The van der Waals surface area contributed by atoms with Crippen molar-refractivity contribution in [3.63, 3.8) is 0 Å². The van der Waals surface area contributed by atoms with Crippen molar-refractivity contribution in [2.24, 2.45) is 0 Å². The summed E-state index contributed by atoms with van der Waals surface area (Å²) in [5.74, 6) is 1.69. The van der Waals surface area contributed by atoms with E-state index in [-0.39, 0.29) is 11.8 Å². The SMILES string of the molecule is CCS(=O)CCP(=O)(CC(C)c1ccccc1)CC(C)c1ccccc1. The Morgan fingerprint density at radius 2 is 1.27 bits per heavy atom. The van der Waals surface area contributed by atoms with Gasteiger partial charge in [0.1, 0.15) is 0 Å². The first-order valence-electron chi connectivity index (χ1n) is 9.45. The quantitative estimate of drug-likeness (QED) is 0.486. The first-order valence-corrected chi connectivity index (χ1v) is 13.2. The van der Waals surface area contributed by atoms with Crippen LogP contribution in [-0.2, 0) is 15.4 Å². The van der Waals surface area contributed by atoms with E-state index in [4.69, 9.17) is 0 Å². The van der Waals surface area contributed by atoms with Crippen LogP contribution in [0, 0.1) is 0 Å². The molecule has 0 radical (unpaired) electrons. The van der Waals surface area contributed by atoms with Gasteiger partial charge in [0, 0.05) is 40.8 Å². The van der Waals surface area contributed by atoms with E-state index in [0.29, 0.717) is 30.0 Å². The van der Waals surface area contributed by atoms with E-state index in [1.165, 1.54) is 11.1 Å². The summed E-state index contributed by atoms with van der Waals surface area (Å²) in [7, 11) is -3.29. The van der Waals surface area contributed by atoms with Crippen molar-refractivity contribution in [1.82, 2.24) is 0 Å². The van der Waals surface area contributed by atoms with Gasteiger partial charge in [-0.15, -0.1) is 0 Å². The maximum absolute atomic E-state index is 13.9. The van der Waals surface area contributed by atoms with Crippen molar-refractivity contribution >= 4 is 17.9 Å². The lowest BCUT2D eigenvalue weighted by molar-refractivity contribution is 0.567. The zero-order chi connectivity index (χ0) is 19.0. The van der Waals surface area contributed by atoms with Gasteiger partial charge in [-0.25, -0.2) is 0 Å². The van der Waals surface area contributed by atoms with Gasteiger partial charge in [0.2, 0.25) is 0 Å². The largest absolute Gasteiger partial charge is 0.323 e. The topological polar surface area (TPSA) is 34.1 Å². The smallest absolute Gasteiger partial charge is 0.0898 e. The van der Waals surface area contributed by atoms with Crippen LogP contribution in [0.15, 0.2) is 60.7 Å². The number of hydrogen-bond donors (Lipinski definition) is 0. The highest BCUT2D eigenvalue weighted by atomic mass is 32.2. The van der Waals surface area contributed by atoms with Gasteiger partial charge in [0.15, 0.2) is 0 Å². The van der Waals surface area contributed by atoms with E-state index in [9.17, 15) is 8.77 Å². The van der Waals surface area contributed by atoms with Crippen LogP contribution in [-0.4, -0.2) is 34.2 Å². The highest BCUT2D eigenvalue weighted by Crippen LogP contribution is 2.51. The maximum Gasteiger partial charge on any atom is 0.0898 e. The molecule has 0 aliphatic heterocycles.